The van der Waals surface area contributed by atoms with Crippen LogP contribution in [0.4, 0.5) is 14.9 Å². The average Bonchev–Trinajstić information content (AvgIpc) is 2.48. The molecule has 6 nitrogen and oxygen atoms in total. The first-order valence-electron chi connectivity index (χ1n) is 7.77. The van der Waals surface area contributed by atoms with Crippen LogP contribution in [-0.4, -0.2) is 34.6 Å². The minimum absolute atomic E-state index is 0.269. The lowest BCUT2D eigenvalue weighted by atomic mass is 10.0. The molecule has 7 heteroatoms. The lowest BCUT2D eigenvalue weighted by molar-refractivity contribution is -0.385. The Labute approximate surface area is 140 Å². The second-order valence-corrected chi connectivity index (χ2v) is 6.73. The van der Waals surface area contributed by atoms with E-state index >= 15 is 0 Å². The minimum atomic E-state index is -0.626. The molecule has 1 aromatic carbocycles. The highest BCUT2D eigenvalue weighted by molar-refractivity contribution is 5.68. The van der Waals surface area contributed by atoms with E-state index in [-0.39, 0.29) is 11.8 Å². The number of benzene rings is 1. The van der Waals surface area contributed by atoms with Crippen molar-refractivity contribution in [2.75, 3.05) is 13.1 Å². The molecule has 1 heterocycles. The Morgan fingerprint density at radius 1 is 1.33 bits per heavy atom. The van der Waals surface area contributed by atoms with Crippen LogP contribution in [0, 0.1) is 15.9 Å². The molecular weight excluding hydrogens is 315 g/mol. The van der Waals surface area contributed by atoms with E-state index < -0.39 is 16.3 Å². The third-order valence-electron chi connectivity index (χ3n) is 3.61. The fraction of sp³-hybridized carbons (Fsp3) is 0.471. The normalized spacial score (nSPS) is 15.2. The van der Waals surface area contributed by atoms with Crippen LogP contribution < -0.4 is 0 Å². The molecule has 1 aliphatic heterocycles. The third kappa shape index (κ3) is 4.78. The number of piperidine rings is 1. The maximum absolute atomic E-state index is 13.9. The summed E-state index contributed by atoms with van der Waals surface area (Å²) in [6.07, 6.45) is 2.60. The summed E-state index contributed by atoms with van der Waals surface area (Å²) in [6.45, 7) is 6.47. The molecule has 0 unspecified atom stereocenters. The minimum Gasteiger partial charge on any atom is -0.444 e. The quantitative estimate of drug-likeness (QED) is 0.601. The number of nitrogens with zero attached hydrogens (tertiary/aromatic N) is 2. The van der Waals surface area contributed by atoms with Crippen LogP contribution in [0.2, 0.25) is 0 Å². The van der Waals surface area contributed by atoms with Gasteiger partial charge in [0.1, 0.15) is 11.4 Å². The van der Waals surface area contributed by atoms with Gasteiger partial charge in [0, 0.05) is 24.7 Å². The number of rotatable bonds is 2. The number of carbonyl (C=O) groups excluding carboxylic acids is 1. The van der Waals surface area contributed by atoms with Crippen LogP contribution in [0.1, 0.15) is 39.2 Å². The zero-order chi connectivity index (χ0) is 17.9. The van der Waals surface area contributed by atoms with Gasteiger partial charge >= 0.3 is 6.09 Å². The number of hydrogen-bond donors (Lipinski definition) is 0. The van der Waals surface area contributed by atoms with Gasteiger partial charge in [-0.3, -0.25) is 10.1 Å². The summed E-state index contributed by atoms with van der Waals surface area (Å²) in [5.41, 5.74) is 0.521. The van der Waals surface area contributed by atoms with Crippen molar-refractivity contribution in [2.24, 2.45) is 0 Å². The Hall–Kier alpha value is -2.44. The number of non-ortho nitro benzene ring substituents is 1. The van der Waals surface area contributed by atoms with E-state index in [4.69, 9.17) is 4.74 Å². The number of likely N-dealkylation sites (tertiary alicyclic amines) is 1. The summed E-state index contributed by atoms with van der Waals surface area (Å²) in [5.74, 6) is -0.619. The number of hydrogen-bond acceptors (Lipinski definition) is 4. The van der Waals surface area contributed by atoms with Crippen molar-refractivity contribution in [3.05, 3.63) is 45.3 Å². The number of ether oxygens (including phenoxy) is 1. The lowest BCUT2D eigenvalue weighted by Crippen LogP contribution is -2.40. The summed E-state index contributed by atoms with van der Waals surface area (Å²) in [6, 6.07) is 3.61. The summed E-state index contributed by atoms with van der Waals surface area (Å²) < 4.78 is 19.3. The Morgan fingerprint density at radius 3 is 2.46 bits per heavy atom. The number of nitro benzene ring substituents is 1. The fourth-order valence-corrected chi connectivity index (χ4v) is 2.41. The van der Waals surface area contributed by atoms with Crippen LogP contribution in [0.5, 0.6) is 0 Å². The molecule has 1 aromatic rings. The van der Waals surface area contributed by atoms with Gasteiger partial charge in [-0.1, -0.05) is 11.6 Å². The number of amides is 1. The summed E-state index contributed by atoms with van der Waals surface area (Å²) >= 11 is 0. The Morgan fingerprint density at radius 2 is 1.96 bits per heavy atom. The molecule has 0 N–H and O–H groups in total. The SMILES string of the molecule is CC(C)(C)OC(=O)N1CCC(=Cc2ccc([N+](=O)[O-])cc2F)CC1. The molecule has 0 aromatic heterocycles. The number of halogens is 1. The van der Waals surface area contributed by atoms with Crippen molar-refractivity contribution in [2.45, 2.75) is 39.2 Å². The van der Waals surface area contributed by atoms with Gasteiger partial charge < -0.3 is 9.64 Å². The van der Waals surface area contributed by atoms with Crippen molar-refractivity contribution >= 4 is 17.9 Å². The topological polar surface area (TPSA) is 72.7 Å². The van der Waals surface area contributed by atoms with Crippen LogP contribution >= 0.6 is 0 Å². The van der Waals surface area contributed by atoms with Gasteiger partial charge in [-0.15, -0.1) is 0 Å². The third-order valence-corrected chi connectivity index (χ3v) is 3.61. The maximum atomic E-state index is 13.9. The highest BCUT2D eigenvalue weighted by Crippen LogP contribution is 2.24. The van der Waals surface area contributed by atoms with E-state index in [1.54, 1.807) is 11.0 Å². The van der Waals surface area contributed by atoms with Gasteiger partial charge in [-0.2, -0.15) is 0 Å². The predicted octanol–water partition coefficient (Wildman–Crippen LogP) is 4.15. The Kier molecular flexibility index (Phi) is 5.21. The molecule has 1 saturated heterocycles. The Balaban J connectivity index is 2.00. The second kappa shape index (κ2) is 6.98. The van der Waals surface area contributed by atoms with E-state index in [0.717, 1.165) is 11.6 Å². The average molecular weight is 336 g/mol. The first-order valence-corrected chi connectivity index (χ1v) is 7.77. The fourth-order valence-electron chi connectivity index (χ4n) is 2.41. The molecule has 24 heavy (non-hydrogen) atoms. The standard InChI is InChI=1S/C17H21FN2O4/c1-17(2,3)24-16(21)19-8-6-12(7-9-19)10-13-4-5-14(20(22)23)11-15(13)18/h4-5,10-11H,6-9H2,1-3H3. The van der Waals surface area contributed by atoms with E-state index in [1.165, 1.54) is 12.1 Å². The molecule has 0 atom stereocenters. The molecular formula is C17H21FN2O4. The molecule has 2 rings (SSSR count). The molecule has 0 bridgehead atoms. The highest BCUT2D eigenvalue weighted by atomic mass is 19.1. The van der Waals surface area contributed by atoms with Crippen LogP contribution in [-0.2, 0) is 4.74 Å². The molecule has 1 fully saturated rings. The zero-order valence-electron chi connectivity index (χ0n) is 14.0. The summed E-state index contributed by atoms with van der Waals surface area (Å²) in [5, 5.41) is 10.6. The van der Waals surface area contributed by atoms with Crippen LogP contribution in [0.15, 0.2) is 23.8 Å². The first-order chi connectivity index (χ1) is 11.2. The van der Waals surface area contributed by atoms with Gasteiger partial charge in [-0.05, 0) is 39.7 Å². The summed E-state index contributed by atoms with van der Waals surface area (Å²) in [4.78, 5) is 23.6. The molecule has 0 aliphatic carbocycles. The first kappa shape index (κ1) is 17.9. The van der Waals surface area contributed by atoms with Crippen LogP contribution in [0.25, 0.3) is 6.08 Å². The summed E-state index contributed by atoms with van der Waals surface area (Å²) in [7, 11) is 0. The molecule has 0 saturated carbocycles. The van der Waals surface area contributed by atoms with Gasteiger partial charge in [0.2, 0.25) is 0 Å². The monoisotopic (exact) mass is 336 g/mol. The smallest absolute Gasteiger partial charge is 0.410 e. The second-order valence-electron chi connectivity index (χ2n) is 6.73. The van der Waals surface area contributed by atoms with Gasteiger partial charge in [0.15, 0.2) is 0 Å². The number of carbonyl (C=O) groups is 1. The van der Waals surface area contributed by atoms with Crippen molar-refractivity contribution in [1.29, 1.82) is 0 Å². The number of nitro groups is 1. The van der Waals surface area contributed by atoms with E-state index in [1.807, 2.05) is 20.8 Å². The van der Waals surface area contributed by atoms with Crippen molar-refractivity contribution in [1.82, 2.24) is 4.90 Å². The van der Waals surface area contributed by atoms with Crippen molar-refractivity contribution < 1.29 is 18.8 Å². The molecule has 130 valence electrons. The van der Waals surface area contributed by atoms with E-state index in [9.17, 15) is 19.3 Å². The lowest BCUT2D eigenvalue weighted by Gasteiger charge is -2.31. The van der Waals surface area contributed by atoms with Crippen LogP contribution in [0.3, 0.4) is 0 Å². The maximum Gasteiger partial charge on any atom is 0.410 e. The molecule has 0 radical (unpaired) electrons. The van der Waals surface area contributed by atoms with Gasteiger partial charge in [0.05, 0.1) is 11.0 Å². The van der Waals surface area contributed by atoms with Gasteiger partial charge in [-0.25, -0.2) is 9.18 Å². The van der Waals surface area contributed by atoms with Gasteiger partial charge in [0.25, 0.3) is 5.69 Å². The van der Waals surface area contributed by atoms with Crippen molar-refractivity contribution in [3.8, 4) is 0 Å². The van der Waals surface area contributed by atoms with Crippen molar-refractivity contribution in [3.63, 3.8) is 0 Å². The molecule has 0 spiro atoms. The predicted molar refractivity (Wildman–Crippen MR) is 88.1 cm³/mol. The molecule has 1 aliphatic rings. The van der Waals surface area contributed by atoms with E-state index in [0.29, 0.717) is 31.5 Å². The Bertz CT molecular complexity index is 670. The zero-order valence-corrected chi connectivity index (χ0v) is 14.0. The highest BCUT2D eigenvalue weighted by Gasteiger charge is 2.24. The largest absolute Gasteiger partial charge is 0.444 e. The molecule has 1 amide bonds. The van der Waals surface area contributed by atoms with E-state index in [2.05, 4.69) is 0 Å².